The highest BCUT2D eigenvalue weighted by Crippen LogP contribution is 2.33. The third-order valence-corrected chi connectivity index (χ3v) is 5.62. The van der Waals surface area contributed by atoms with Gasteiger partial charge < -0.3 is 14.4 Å². The molecule has 1 fully saturated rings. The minimum Gasteiger partial charge on any atom is -0.490 e. The van der Waals surface area contributed by atoms with E-state index in [1.54, 1.807) is 39.0 Å². The summed E-state index contributed by atoms with van der Waals surface area (Å²) in [6, 6.07) is 6.53. The molecule has 8 heteroatoms. The van der Waals surface area contributed by atoms with E-state index in [1.807, 2.05) is 0 Å². The lowest BCUT2D eigenvalue weighted by Gasteiger charge is -2.28. The largest absolute Gasteiger partial charge is 0.490 e. The van der Waals surface area contributed by atoms with Crippen LogP contribution in [0.2, 0.25) is 0 Å². The van der Waals surface area contributed by atoms with E-state index >= 15 is 0 Å². The average Bonchev–Trinajstić information content (AvgIpc) is 2.83. The highest BCUT2D eigenvalue weighted by atomic mass is 32.2. The molecule has 2 aliphatic rings. The molecule has 1 unspecified atom stereocenters. The van der Waals surface area contributed by atoms with Gasteiger partial charge in [0.05, 0.1) is 5.54 Å². The zero-order valence-electron chi connectivity index (χ0n) is 14.0. The molecule has 24 heavy (non-hydrogen) atoms. The van der Waals surface area contributed by atoms with Crippen molar-refractivity contribution in [3.05, 3.63) is 24.3 Å². The van der Waals surface area contributed by atoms with Crippen molar-refractivity contribution in [3.8, 4) is 5.75 Å². The van der Waals surface area contributed by atoms with Gasteiger partial charge in [0.2, 0.25) is 10.0 Å². The Morgan fingerprint density at radius 3 is 2.75 bits per heavy atom. The molecule has 1 aromatic rings. The van der Waals surface area contributed by atoms with Crippen molar-refractivity contribution in [2.75, 3.05) is 19.7 Å². The van der Waals surface area contributed by atoms with E-state index in [-0.39, 0.29) is 18.0 Å². The summed E-state index contributed by atoms with van der Waals surface area (Å²) in [5, 5.41) is 0. The van der Waals surface area contributed by atoms with Gasteiger partial charge in [-0.05, 0) is 39.3 Å². The van der Waals surface area contributed by atoms with Gasteiger partial charge in [0, 0.05) is 13.1 Å². The van der Waals surface area contributed by atoms with Crippen LogP contribution in [0.4, 0.5) is 4.79 Å². The molecule has 2 aliphatic heterocycles. The van der Waals surface area contributed by atoms with Gasteiger partial charge in [0.15, 0.2) is 0 Å². The fourth-order valence-electron chi connectivity index (χ4n) is 2.93. The maximum atomic E-state index is 12.6. The molecule has 1 spiro atoms. The lowest BCUT2D eigenvalue weighted by Crippen LogP contribution is -2.53. The van der Waals surface area contributed by atoms with Crippen LogP contribution in [0.25, 0.3) is 0 Å². The van der Waals surface area contributed by atoms with Gasteiger partial charge in [-0.3, -0.25) is 0 Å². The Morgan fingerprint density at radius 2 is 2.04 bits per heavy atom. The number of rotatable bonds is 0. The summed E-state index contributed by atoms with van der Waals surface area (Å²) >= 11 is 0. The van der Waals surface area contributed by atoms with Crippen LogP contribution in [0, 0.1) is 0 Å². The molecule has 3 rings (SSSR count). The van der Waals surface area contributed by atoms with Crippen LogP contribution in [0.1, 0.15) is 27.2 Å². The van der Waals surface area contributed by atoms with Crippen LogP contribution >= 0.6 is 0 Å². The number of nitrogens with zero attached hydrogens (tertiary/aromatic N) is 1. The van der Waals surface area contributed by atoms with Crippen molar-refractivity contribution in [2.45, 2.75) is 43.2 Å². The van der Waals surface area contributed by atoms with E-state index in [0.29, 0.717) is 18.7 Å². The Labute approximate surface area is 142 Å². The predicted molar refractivity (Wildman–Crippen MR) is 87.4 cm³/mol. The molecule has 0 aromatic heterocycles. The van der Waals surface area contributed by atoms with E-state index < -0.39 is 27.3 Å². The summed E-state index contributed by atoms with van der Waals surface area (Å²) in [7, 11) is -3.71. The minimum absolute atomic E-state index is 0.123. The van der Waals surface area contributed by atoms with E-state index in [9.17, 15) is 13.2 Å². The summed E-state index contributed by atoms with van der Waals surface area (Å²) in [4.78, 5) is 13.9. The smallest absolute Gasteiger partial charge is 0.410 e. The molecule has 7 nitrogen and oxygen atoms in total. The van der Waals surface area contributed by atoms with Crippen LogP contribution in [-0.2, 0) is 14.8 Å². The van der Waals surface area contributed by atoms with Crippen molar-refractivity contribution in [1.82, 2.24) is 9.62 Å². The molecule has 1 saturated heterocycles. The van der Waals surface area contributed by atoms with Gasteiger partial charge in [0.25, 0.3) is 0 Å². The van der Waals surface area contributed by atoms with Crippen molar-refractivity contribution in [2.24, 2.45) is 0 Å². The summed E-state index contributed by atoms with van der Waals surface area (Å²) in [5.41, 5.74) is -1.43. The van der Waals surface area contributed by atoms with E-state index in [0.717, 1.165) is 0 Å². The number of hydrogen-bond donors (Lipinski definition) is 1. The zero-order valence-corrected chi connectivity index (χ0v) is 14.9. The summed E-state index contributed by atoms with van der Waals surface area (Å²) in [6.07, 6.45) is 0.0276. The van der Waals surface area contributed by atoms with Crippen LogP contribution in [0.5, 0.6) is 5.75 Å². The number of carbonyl (C=O) groups is 1. The second-order valence-corrected chi connectivity index (χ2v) is 8.92. The quantitative estimate of drug-likeness (QED) is 0.767. The molecule has 1 atom stereocenters. The normalized spacial score (nSPS) is 25.7. The van der Waals surface area contributed by atoms with Gasteiger partial charge >= 0.3 is 6.09 Å². The van der Waals surface area contributed by atoms with Crippen LogP contribution in [-0.4, -0.2) is 50.2 Å². The lowest BCUT2D eigenvalue weighted by molar-refractivity contribution is 0.0277. The van der Waals surface area contributed by atoms with Crippen molar-refractivity contribution in [1.29, 1.82) is 0 Å². The molecule has 0 aliphatic carbocycles. The number of nitrogens with one attached hydrogen (secondary N) is 1. The first kappa shape index (κ1) is 17.0. The SMILES string of the molecule is CC(C)(C)OC(=O)N1CCC2(COc3ccccc3S(=O)(=O)N2)C1. The van der Waals surface area contributed by atoms with Gasteiger partial charge in [-0.2, -0.15) is 4.72 Å². The van der Waals surface area contributed by atoms with E-state index in [1.165, 1.54) is 11.0 Å². The second-order valence-electron chi connectivity index (χ2n) is 7.27. The van der Waals surface area contributed by atoms with Crippen LogP contribution in [0.15, 0.2) is 29.2 Å². The molecular weight excluding hydrogens is 332 g/mol. The Hall–Kier alpha value is -1.80. The molecule has 1 N–H and O–H groups in total. The second kappa shape index (κ2) is 5.63. The molecule has 0 saturated carbocycles. The van der Waals surface area contributed by atoms with E-state index in [2.05, 4.69) is 4.72 Å². The Morgan fingerprint density at radius 1 is 1.33 bits per heavy atom. The molecular formula is C16H22N2O5S. The maximum absolute atomic E-state index is 12.6. The fraction of sp³-hybridized carbons (Fsp3) is 0.562. The summed E-state index contributed by atoms with van der Waals surface area (Å²) in [5.74, 6) is 0.331. The Bertz CT molecular complexity index is 756. The number of amides is 1. The Kier molecular flexibility index (Phi) is 4.00. The minimum atomic E-state index is -3.71. The number of sulfonamides is 1. The molecule has 1 aromatic carbocycles. The fourth-order valence-corrected chi connectivity index (χ4v) is 4.49. The molecule has 1 amide bonds. The van der Waals surface area contributed by atoms with Crippen molar-refractivity contribution >= 4 is 16.1 Å². The highest BCUT2D eigenvalue weighted by molar-refractivity contribution is 7.89. The molecule has 2 heterocycles. The first-order valence-electron chi connectivity index (χ1n) is 7.84. The van der Waals surface area contributed by atoms with Gasteiger partial charge in [0.1, 0.15) is 22.9 Å². The topological polar surface area (TPSA) is 84.9 Å². The highest BCUT2D eigenvalue weighted by Gasteiger charge is 2.47. The number of para-hydroxylation sites is 1. The first-order valence-corrected chi connectivity index (χ1v) is 9.32. The number of likely N-dealkylation sites (tertiary alicyclic amines) is 1. The number of fused-ring (bicyclic) bond motifs is 1. The zero-order chi connectivity index (χ0) is 17.6. The van der Waals surface area contributed by atoms with Crippen LogP contribution in [0.3, 0.4) is 0 Å². The summed E-state index contributed by atoms with van der Waals surface area (Å²) in [6.45, 7) is 6.19. The number of hydrogen-bond acceptors (Lipinski definition) is 5. The third kappa shape index (κ3) is 3.34. The van der Waals surface area contributed by atoms with Crippen molar-refractivity contribution in [3.63, 3.8) is 0 Å². The van der Waals surface area contributed by atoms with Gasteiger partial charge in [-0.25, -0.2) is 13.2 Å². The van der Waals surface area contributed by atoms with Gasteiger partial charge in [-0.15, -0.1) is 0 Å². The van der Waals surface area contributed by atoms with Gasteiger partial charge in [-0.1, -0.05) is 12.1 Å². The number of benzene rings is 1. The van der Waals surface area contributed by atoms with E-state index in [4.69, 9.17) is 9.47 Å². The first-order chi connectivity index (χ1) is 11.1. The average molecular weight is 354 g/mol. The predicted octanol–water partition coefficient (Wildman–Crippen LogP) is 1.74. The monoisotopic (exact) mass is 354 g/mol. The Balaban J connectivity index is 1.81. The van der Waals surface area contributed by atoms with Crippen LogP contribution < -0.4 is 9.46 Å². The molecule has 132 valence electrons. The number of carbonyl (C=O) groups excluding carboxylic acids is 1. The van der Waals surface area contributed by atoms with Crippen molar-refractivity contribution < 1.29 is 22.7 Å². The maximum Gasteiger partial charge on any atom is 0.410 e. The standard InChI is InChI=1S/C16H22N2O5S/c1-15(2,3)23-14(19)18-9-8-16(10-18)11-22-12-6-4-5-7-13(12)24(20,21)17-16/h4-7,17H,8-11H2,1-3H3. The number of ether oxygens (including phenoxy) is 2. The summed E-state index contributed by atoms with van der Waals surface area (Å²) < 4.78 is 39.1. The molecule has 0 bridgehead atoms. The molecule has 0 radical (unpaired) electrons. The third-order valence-electron chi connectivity index (χ3n) is 4.00. The lowest BCUT2D eigenvalue weighted by atomic mass is 10.0.